The number of nitrogens with two attached hydrogens (primary N) is 1. The molecule has 1 aromatic heterocycles. The van der Waals surface area contributed by atoms with Crippen molar-refractivity contribution >= 4 is 11.7 Å². The fourth-order valence-corrected chi connectivity index (χ4v) is 2.61. The van der Waals surface area contributed by atoms with Crippen LogP contribution in [0.15, 0.2) is 12.1 Å². The summed E-state index contributed by atoms with van der Waals surface area (Å²) in [6, 6.07) is 1.94. The first-order valence-corrected chi connectivity index (χ1v) is 6.95. The van der Waals surface area contributed by atoms with E-state index < -0.39 is 17.8 Å². The molecule has 1 amide bonds. The van der Waals surface area contributed by atoms with Gasteiger partial charge in [0.2, 0.25) is 0 Å². The molecule has 4 nitrogen and oxygen atoms in total. The lowest BCUT2D eigenvalue weighted by Crippen LogP contribution is -2.35. The van der Waals surface area contributed by atoms with E-state index in [0.717, 1.165) is 37.8 Å². The zero-order valence-electron chi connectivity index (χ0n) is 11.8. The number of anilines is 1. The van der Waals surface area contributed by atoms with E-state index in [0.29, 0.717) is 6.54 Å². The van der Waals surface area contributed by atoms with E-state index in [1.54, 1.807) is 4.90 Å². The van der Waals surface area contributed by atoms with E-state index in [4.69, 9.17) is 5.73 Å². The van der Waals surface area contributed by atoms with Gasteiger partial charge < -0.3 is 10.6 Å². The van der Waals surface area contributed by atoms with Gasteiger partial charge in [0, 0.05) is 12.6 Å². The molecule has 0 radical (unpaired) electrons. The van der Waals surface area contributed by atoms with Crippen molar-refractivity contribution in [1.82, 2.24) is 4.98 Å². The summed E-state index contributed by atoms with van der Waals surface area (Å²) in [7, 11) is 0. The van der Waals surface area contributed by atoms with Gasteiger partial charge in [-0.15, -0.1) is 0 Å². The summed E-state index contributed by atoms with van der Waals surface area (Å²) in [6.45, 7) is 2.51. The molecule has 2 heterocycles. The van der Waals surface area contributed by atoms with Crippen LogP contribution in [0.2, 0.25) is 0 Å². The van der Waals surface area contributed by atoms with Crippen molar-refractivity contribution in [3.63, 3.8) is 0 Å². The van der Waals surface area contributed by atoms with E-state index in [2.05, 4.69) is 4.98 Å². The standard InChI is InChI=1S/C14H18F3N3O/c1-9-5-3-2-4-8-20(9)13-10(12(18)21)6-7-11(19-13)14(15,16)17/h6-7,9H,2-5,8H2,1H3,(H2,18,21). The van der Waals surface area contributed by atoms with Gasteiger partial charge in [0.05, 0.1) is 5.56 Å². The molecular weight excluding hydrogens is 283 g/mol. The zero-order chi connectivity index (χ0) is 15.6. The number of pyridine rings is 1. The number of nitrogens with zero attached hydrogens (tertiary/aromatic N) is 2. The van der Waals surface area contributed by atoms with Crippen LogP contribution in [0.4, 0.5) is 19.0 Å². The van der Waals surface area contributed by atoms with E-state index in [-0.39, 0.29) is 17.4 Å². The van der Waals surface area contributed by atoms with Crippen LogP contribution in [-0.4, -0.2) is 23.5 Å². The third-order valence-corrected chi connectivity index (χ3v) is 3.76. The smallest absolute Gasteiger partial charge is 0.365 e. The SMILES string of the molecule is CC1CCCCCN1c1nc(C(F)(F)F)ccc1C(N)=O. The van der Waals surface area contributed by atoms with Crippen LogP contribution < -0.4 is 10.6 Å². The van der Waals surface area contributed by atoms with Crippen molar-refractivity contribution in [2.45, 2.75) is 44.8 Å². The lowest BCUT2D eigenvalue weighted by Gasteiger charge is -2.30. The highest BCUT2D eigenvalue weighted by atomic mass is 19.4. The van der Waals surface area contributed by atoms with E-state index >= 15 is 0 Å². The lowest BCUT2D eigenvalue weighted by molar-refractivity contribution is -0.141. The Morgan fingerprint density at radius 3 is 2.67 bits per heavy atom. The number of aromatic nitrogens is 1. The molecule has 1 aliphatic rings. The molecule has 0 saturated carbocycles. The Kier molecular flexibility index (Phi) is 4.39. The topological polar surface area (TPSA) is 59.2 Å². The van der Waals surface area contributed by atoms with Crippen molar-refractivity contribution in [3.05, 3.63) is 23.4 Å². The van der Waals surface area contributed by atoms with Crippen LogP contribution in [-0.2, 0) is 6.18 Å². The Morgan fingerprint density at radius 1 is 1.33 bits per heavy atom. The highest BCUT2D eigenvalue weighted by Crippen LogP contribution is 2.32. The zero-order valence-corrected chi connectivity index (χ0v) is 11.8. The van der Waals surface area contributed by atoms with Gasteiger partial charge in [-0.3, -0.25) is 4.79 Å². The largest absolute Gasteiger partial charge is 0.433 e. The van der Waals surface area contributed by atoms with Gasteiger partial charge in [-0.25, -0.2) is 4.98 Å². The Morgan fingerprint density at radius 2 is 2.05 bits per heavy atom. The van der Waals surface area contributed by atoms with Gasteiger partial charge in [-0.05, 0) is 31.9 Å². The summed E-state index contributed by atoms with van der Waals surface area (Å²) in [5, 5.41) is 0. The molecule has 0 aromatic carbocycles. The fourth-order valence-electron chi connectivity index (χ4n) is 2.61. The molecule has 1 aromatic rings. The first-order chi connectivity index (χ1) is 9.80. The molecule has 1 aliphatic heterocycles. The Labute approximate surface area is 121 Å². The maximum absolute atomic E-state index is 12.8. The molecule has 7 heteroatoms. The summed E-state index contributed by atoms with van der Waals surface area (Å²) in [6.07, 6.45) is -0.787. The van der Waals surface area contributed by atoms with E-state index in [1.807, 2.05) is 6.92 Å². The third kappa shape index (κ3) is 3.46. The molecule has 1 saturated heterocycles. The molecule has 1 unspecified atom stereocenters. The third-order valence-electron chi connectivity index (χ3n) is 3.76. The number of carbonyl (C=O) groups excluding carboxylic acids is 1. The van der Waals surface area contributed by atoms with Crippen LogP contribution in [0.5, 0.6) is 0 Å². The number of primary amides is 1. The molecule has 2 N–H and O–H groups in total. The molecule has 116 valence electrons. The predicted molar refractivity (Wildman–Crippen MR) is 73.0 cm³/mol. The summed E-state index contributed by atoms with van der Waals surface area (Å²) < 4.78 is 38.5. The minimum atomic E-state index is -4.54. The van der Waals surface area contributed by atoms with Crippen LogP contribution in [0.3, 0.4) is 0 Å². The molecule has 2 rings (SSSR count). The number of hydrogen-bond donors (Lipinski definition) is 1. The van der Waals surface area contributed by atoms with Gasteiger partial charge in [0.25, 0.3) is 5.91 Å². The highest BCUT2D eigenvalue weighted by Gasteiger charge is 2.34. The minimum Gasteiger partial charge on any atom is -0.365 e. The first kappa shape index (κ1) is 15.6. The molecule has 21 heavy (non-hydrogen) atoms. The number of halogens is 3. The van der Waals surface area contributed by atoms with E-state index in [9.17, 15) is 18.0 Å². The van der Waals surface area contributed by atoms with Crippen molar-refractivity contribution in [3.8, 4) is 0 Å². The number of alkyl halides is 3. The van der Waals surface area contributed by atoms with Gasteiger partial charge >= 0.3 is 6.18 Å². The molecular formula is C14H18F3N3O. The monoisotopic (exact) mass is 301 g/mol. The van der Waals surface area contributed by atoms with Crippen molar-refractivity contribution < 1.29 is 18.0 Å². The molecule has 0 spiro atoms. The molecule has 1 fully saturated rings. The second-order valence-electron chi connectivity index (χ2n) is 5.32. The second-order valence-corrected chi connectivity index (χ2v) is 5.32. The van der Waals surface area contributed by atoms with E-state index in [1.165, 1.54) is 0 Å². The lowest BCUT2D eigenvalue weighted by atomic mass is 10.1. The summed E-state index contributed by atoms with van der Waals surface area (Å²) >= 11 is 0. The second kappa shape index (κ2) is 5.91. The van der Waals surface area contributed by atoms with Gasteiger partial charge in [0.15, 0.2) is 0 Å². The predicted octanol–water partition coefficient (Wildman–Crippen LogP) is 2.97. The maximum Gasteiger partial charge on any atom is 0.433 e. The average Bonchev–Trinajstić information content (AvgIpc) is 2.61. The number of hydrogen-bond acceptors (Lipinski definition) is 3. The Bertz CT molecular complexity index is 531. The van der Waals surface area contributed by atoms with Gasteiger partial charge in [0.1, 0.15) is 11.5 Å². The first-order valence-electron chi connectivity index (χ1n) is 6.95. The van der Waals surface area contributed by atoms with Crippen LogP contribution in [0, 0.1) is 0 Å². The van der Waals surface area contributed by atoms with Crippen molar-refractivity contribution in [2.24, 2.45) is 5.73 Å². The normalized spacial score (nSPS) is 20.2. The summed E-state index contributed by atoms with van der Waals surface area (Å²) in [5.41, 5.74) is 4.32. The van der Waals surface area contributed by atoms with Crippen molar-refractivity contribution in [1.29, 1.82) is 0 Å². The fraction of sp³-hybridized carbons (Fsp3) is 0.571. The maximum atomic E-state index is 12.8. The molecule has 1 atom stereocenters. The number of amides is 1. The Balaban J connectivity index is 2.49. The minimum absolute atomic E-state index is 0.0292. The quantitative estimate of drug-likeness (QED) is 0.913. The van der Waals surface area contributed by atoms with Crippen LogP contribution in [0.1, 0.15) is 48.7 Å². The summed E-state index contributed by atoms with van der Waals surface area (Å²) in [4.78, 5) is 16.9. The number of rotatable bonds is 2. The van der Waals surface area contributed by atoms with Crippen molar-refractivity contribution in [2.75, 3.05) is 11.4 Å². The average molecular weight is 301 g/mol. The highest BCUT2D eigenvalue weighted by molar-refractivity contribution is 5.97. The van der Waals surface area contributed by atoms with Crippen LogP contribution in [0.25, 0.3) is 0 Å². The Hall–Kier alpha value is -1.79. The molecule has 0 aliphatic carbocycles. The van der Waals surface area contributed by atoms with Gasteiger partial charge in [-0.2, -0.15) is 13.2 Å². The number of carbonyl (C=O) groups is 1. The summed E-state index contributed by atoms with van der Waals surface area (Å²) in [5.74, 6) is -0.714. The van der Waals surface area contributed by atoms with Crippen LogP contribution >= 0.6 is 0 Å². The van der Waals surface area contributed by atoms with Gasteiger partial charge in [-0.1, -0.05) is 12.8 Å². The molecule has 0 bridgehead atoms.